The summed E-state index contributed by atoms with van der Waals surface area (Å²) < 4.78 is 1.01. The third kappa shape index (κ3) is 4.92. The highest BCUT2D eigenvalue weighted by Crippen LogP contribution is 2.26. The number of hydrogen-bond donors (Lipinski definition) is 1. The Balaban J connectivity index is 1.66. The van der Waals surface area contributed by atoms with Crippen LogP contribution in [0.3, 0.4) is 0 Å². The highest BCUT2D eigenvalue weighted by Gasteiger charge is 2.06. The predicted molar refractivity (Wildman–Crippen MR) is 109 cm³/mol. The van der Waals surface area contributed by atoms with Crippen molar-refractivity contribution in [3.8, 4) is 11.3 Å². The Hall–Kier alpha value is -1.66. The summed E-state index contributed by atoms with van der Waals surface area (Å²) in [5.41, 5.74) is 2.60. The van der Waals surface area contributed by atoms with Crippen molar-refractivity contribution in [3.63, 3.8) is 0 Å². The molecule has 3 aromatic rings. The van der Waals surface area contributed by atoms with E-state index < -0.39 is 0 Å². The monoisotopic (exact) mass is 452 g/mol. The zero-order valence-electron chi connectivity index (χ0n) is 12.7. The number of rotatable bonds is 4. The van der Waals surface area contributed by atoms with Crippen molar-refractivity contribution in [2.45, 2.75) is 0 Å². The van der Waals surface area contributed by atoms with Crippen LogP contribution in [0.5, 0.6) is 0 Å². The zero-order chi connectivity index (χ0) is 17.8. The van der Waals surface area contributed by atoms with Gasteiger partial charge in [0.2, 0.25) is 5.91 Å². The van der Waals surface area contributed by atoms with Crippen LogP contribution in [0, 0.1) is 0 Å². The third-order valence-corrected chi connectivity index (χ3v) is 5.27. The first kappa shape index (κ1) is 18.1. The van der Waals surface area contributed by atoms with Gasteiger partial charge in [-0.15, -0.1) is 11.3 Å². The lowest BCUT2D eigenvalue weighted by Crippen LogP contribution is -2.07. The van der Waals surface area contributed by atoms with Gasteiger partial charge in [-0.25, -0.2) is 4.98 Å². The minimum absolute atomic E-state index is 0.261. The molecular formula is C18H11BrCl2N2OS. The second-order valence-corrected chi connectivity index (χ2v) is 7.63. The van der Waals surface area contributed by atoms with Crippen molar-refractivity contribution in [1.82, 2.24) is 4.98 Å². The SMILES string of the molecule is O=C(/C=C/c1ccc(Cl)c(Cl)c1)Nc1nc(-c2ccc(Br)cc2)cs1. The molecule has 1 aromatic heterocycles. The molecular weight excluding hydrogens is 443 g/mol. The van der Waals surface area contributed by atoms with Gasteiger partial charge in [-0.3, -0.25) is 10.1 Å². The maximum atomic E-state index is 12.0. The summed E-state index contributed by atoms with van der Waals surface area (Å²) in [4.78, 5) is 16.5. The molecule has 1 heterocycles. The van der Waals surface area contributed by atoms with Gasteiger partial charge in [0.1, 0.15) is 0 Å². The van der Waals surface area contributed by atoms with E-state index in [1.54, 1.807) is 24.3 Å². The Morgan fingerprint density at radius 3 is 2.60 bits per heavy atom. The molecule has 0 bridgehead atoms. The van der Waals surface area contributed by atoms with Gasteiger partial charge in [-0.2, -0.15) is 0 Å². The Kier molecular flexibility index (Phi) is 5.91. The van der Waals surface area contributed by atoms with E-state index in [9.17, 15) is 4.79 Å². The molecule has 0 aliphatic carbocycles. The minimum atomic E-state index is -0.261. The van der Waals surface area contributed by atoms with Gasteiger partial charge in [0.15, 0.2) is 5.13 Å². The summed E-state index contributed by atoms with van der Waals surface area (Å²) >= 11 is 16.6. The van der Waals surface area contributed by atoms with Gasteiger partial charge in [-0.1, -0.05) is 57.3 Å². The van der Waals surface area contributed by atoms with Gasteiger partial charge >= 0.3 is 0 Å². The maximum absolute atomic E-state index is 12.0. The van der Waals surface area contributed by atoms with Gasteiger partial charge in [0.25, 0.3) is 0 Å². The van der Waals surface area contributed by atoms with Crippen LogP contribution in [-0.4, -0.2) is 10.9 Å². The first-order chi connectivity index (χ1) is 12.0. The average molecular weight is 454 g/mol. The Morgan fingerprint density at radius 1 is 1.12 bits per heavy atom. The lowest BCUT2D eigenvalue weighted by atomic mass is 10.2. The molecule has 25 heavy (non-hydrogen) atoms. The first-order valence-corrected chi connectivity index (χ1v) is 9.60. The quantitative estimate of drug-likeness (QED) is 0.456. The molecule has 7 heteroatoms. The summed E-state index contributed by atoms with van der Waals surface area (Å²) in [5, 5.41) is 6.13. The van der Waals surface area contributed by atoms with E-state index in [0.717, 1.165) is 21.3 Å². The molecule has 0 aliphatic heterocycles. The van der Waals surface area contributed by atoms with Crippen LogP contribution >= 0.6 is 50.5 Å². The second kappa shape index (κ2) is 8.15. The van der Waals surface area contributed by atoms with Crippen LogP contribution in [0.15, 0.2) is 58.4 Å². The summed E-state index contributed by atoms with van der Waals surface area (Å²) in [7, 11) is 0. The van der Waals surface area contributed by atoms with Crippen LogP contribution in [0.25, 0.3) is 17.3 Å². The number of benzene rings is 2. The van der Waals surface area contributed by atoms with E-state index in [0.29, 0.717) is 15.2 Å². The van der Waals surface area contributed by atoms with E-state index in [1.165, 1.54) is 17.4 Å². The van der Waals surface area contributed by atoms with Crippen LogP contribution in [-0.2, 0) is 4.79 Å². The van der Waals surface area contributed by atoms with E-state index >= 15 is 0 Å². The minimum Gasteiger partial charge on any atom is -0.298 e. The normalized spacial score (nSPS) is 11.0. The molecule has 3 rings (SSSR count). The van der Waals surface area contributed by atoms with Gasteiger partial charge in [0, 0.05) is 21.5 Å². The molecule has 1 amide bonds. The molecule has 0 radical (unpaired) electrons. The molecule has 3 nitrogen and oxygen atoms in total. The number of anilines is 1. The maximum Gasteiger partial charge on any atom is 0.250 e. The van der Waals surface area contributed by atoms with E-state index in [4.69, 9.17) is 23.2 Å². The molecule has 0 atom stereocenters. The lowest BCUT2D eigenvalue weighted by Gasteiger charge is -1.99. The summed E-state index contributed by atoms with van der Waals surface area (Å²) in [6, 6.07) is 13.0. The first-order valence-electron chi connectivity index (χ1n) is 7.17. The van der Waals surface area contributed by atoms with Crippen molar-refractivity contribution < 1.29 is 4.79 Å². The standard InChI is InChI=1S/C18H11BrCl2N2OS/c19-13-5-3-12(4-6-13)16-10-25-18(22-16)23-17(24)8-2-11-1-7-14(20)15(21)9-11/h1-10H,(H,22,23,24)/b8-2+. The molecule has 1 N–H and O–H groups in total. The number of amides is 1. The molecule has 0 unspecified atom stereocenters. The number of carbonyl (C=O) groups excluding carboxylic acids is 1. The van der Waals surface area contributed by atoms with Gasteiger partial charge < -0.3 is 0 Å². The number of halogens is 3. The number of hydrogen-bond acceptors (Lipinski definition) is 3. The Morgan fingerprint density at radius 2 is 1.88 bits per heavy atom. The number of thiazole rings is 1. The summed E-state index contributed by atoms with van der Waals surface area (Å²) in [5.74, 6) is -0.261. The summed E-state index contributed by atoms with van der Waals surface area (Å²) in [6.07, 6.45) is 3.10. The predicted octanol–water partition coefficient (Wildman–Crippen LogP) is 6.53. The molecule has 0 aliphatic rings. The second-order valence-electron chi connectivity index (χ2n) is 5.04. The lowest BCUT2D eigenvalue weighted by molar-refractivity contribution is -0.111. The molecule has 0 fully saturated rings. The van der Waals surface area contributed by atoms with Crippen molar-refractivity contribution in [3.05, 3.63) is 74.0 Å². The number of nitrogens with one attached hydrogen (secondary N) is 1. The van der Waals surface area contributed by atoms with Crippen molar-refractivity contribution >= 4 is 67.6 Å². The third-order valence-electron chi connectivity index (χ3n) is 3.25. The fourth-order valence-electron chi connectivity index (χ4n) is 2.02. The number of aromatic nitrogens is 1. The molecule has 0 saturated heterocycles. The Labute approximate surface area is 167 Å². The van der Waals surface area contributed by atoms with Crippen molar-refractivity contribution in [2.24, 2.45) is 0 Å². The van der Waals surface area contributed by atoms with E-state index in [1.807, 2.05) is 29.6 Å². The molecule has 0 saturated carbocycles. The molecule has 0 spiro atoms. The smallest absolute Gasteiger partial charge is 0.250 e. The molecule has 2 aromatic carbocycles. The zero-order valence-corrected chi connectivity index (χ0v) is 16.6. The van der Waals surface area contributed by atoms with Crippen LogP contribution in [0.4, 0.5) is 5.13 Å². The summed E-state index contributed by atoms with van der Waals surface area (Å²) in [6.45, 7) is 0. The topological polar surface area (TPSA) is 42.0 Å². The van der Waals surface area contributed by atoms with Gasteiger partial charge in [0.05, 0.1) is 15.7 Å². The van der Waals surface area contributed by atoms with Crippen LogP contribution in [0.2, 0.25) is 10.0 Å². The van der Waals surface area contributed by atoms with Crippen LogP contribution in [0.1, 0.15) is 5.56 Å². The van der Waals surface area contributed by atoms with Crippen molar-refractivity contribution in [2.75, 3.05) is 5.32 Å². The van der Waals surface area contributed by atoms with E-state index in [2.05, 4.69) is 26.2 Å². The number of nitrogens with zero attached hydrogens (tertiary/aromatic N) is 1. The highest BCUT2D eigenvalue weighted by atomic mass is 79.9. The van der Waals surface area contributed by atoms with Gasteiger partial charge in [-0.05, 0) is 35.9 Å². The average Bonchev–Trinajstić information content (AvgIpc) is 3.05. The van der Waals surface area contributed by atoms with E-state index in [-0.39, 0.29) is 5.91 Å². The Bertz CT molecular complexity index is 939. The highest BCUT2D eigenvalue weighted by molar-refractivity contribution is 9.10. The fourth-order valence-corrected chi connectivity index (χ4v) is 3.31. The molecule has 126 valence electrons. The van der Waals surface area contributed by atoms with Crippen molar-refractivity contribution in [1.29, 1.82) is 0 Å². The largest absolute Gasteiger partial charge is 0.298 e. The fraction of sp³-hybridized carbons (Fsp3) is 0. The number of carbonyl (C=O) groups is 1. The van der Waals surface area contributed by atoms with Crippen LogP contribution < -0.4 is 5.32 Å².